The number of halogens is 2. The molecule has 1 heterocycles. The molecule has 0 atom stereocenters. The first kappa shape index (κ1) is 21.0. The highest BCUT2D eigenvalue weighted by molar-refractivity contribution is 8.19. The van der Waals surface area contributed by atoms with Crippen molar-refractivity contribution in [3.8, 4) is 0 Å². The third-order valence-electron chi connectivity index (χ3n) is 3.75. The van der Waals surface area contributed by atoms with Crippen LogP contribution in [0.15, 0.2) is 53.4 Å². The summed E-state index contributed by atoms with van der Waals surface area (Å²) in [5.74, 6) is -1.56. The summed E-state index contributed by atoms with van der Waals surface area (Å²) in [5, 5.41) is 2.49. The van der Waals surface area contributed by atoms with E-state index in [2.05, 4.69) is 5.32 Å². The van der Waals surface area contributed by atoms with Crippen molar-refractivity contribution in [2.45, 2.75) is 15.2 Å². The smallest absolute Gasteiger partial charge is 0.338 e. The predicted octanol–water partition coefficient (Wildman–Crippen LogP) is 5.28. The van der Waals surface area contributed by atoms with Crippen LogP contribution in [-0.4, -0.2) is 35.7 Å². The molecule has 2 aromatic rings. The zero-order valence-corrected chi connectivity index (χ0v) is 17.0. The first-order valence-corrected chi connectivity index (χ1v) is 11.3. The highest BCUT2D eigenvalue weighted by atomic mass is 32.2. The maximum atomic E-state index is 12.6. The average molecular weight is 442 g/mol. The molecule has 0 unspecified atom stereocenters. The Morgan fingerprint density at radius 2 is 1.79 bits per heavy atom. The third kappa shape index (κ3) is 5.89. The maximum Gasteiger partial charge on any atom is 0.338 e. The number of benzene rings is 2. The lowest BCUT2D eigenvalue weighted by Gasteiger charge is -2.11. The number of ether oxygens (including phenoxy) is 1. The fourth-order valence-electron chi connectivity index (χ4n) is 2.50. The number of nitrogens with one attached hydrogen (secondary N) is 1. The lowest BCUT2D eigenvalue weighted by Crippen LogP contribution is -2.21. The summed E-state index contributed by atoms with van der Waals surface area (Å²) in [4.78, 5) is 24.4. The van der Waals surface area contributed by atoms with Gasteiger partial charge in [0.15, 0.2) is 6.61 Å². The number of carbonyl (C=O) groups is 2. The van der Waals surface area contributed by atoms with E-state index in [1.54, 1.807) is 24.3 Å². The number of para-hydroxylation sites is 1. The monoisotopic (exact) mass is 441 g/mol. The van der Waals surface area contributed by atoms with Crippen molar-refractivity contribution in [1.82, 2.24) is 0 Å². The van der Waals surface area contributed by atoms with Crippen molar-refractivity contribution in [2.75, 3.05) is 23.4 Å². The topological polar surface area (TPSA) is 55.4 Å². The summed E-state index contributed by atoms with van der Waals surface area (Å²) in [6.45, 7) is -0.497. The van der Waals surface area contributed by atoms with Crippen LogP contribution < -0.4 is 5.32 Å². The third-order valence-corrected chi connectivity index (χ3v) is 7.64. The summed E-state index contributed by atoms with van der Waals surface area (Å²) in [5.41, 5.74) is 1.76. The summed E-state index contributed by atoms with van der Waals surface area (Å²) < 4.78 is 30.6. The Kier molecular flexibility index (Phi) is 7.64. The molecule has 9 heteroatoms. The zero-order valence-electron chi connectivity index (χ0n) is 14.6. The molecule has 0 aromatic heterocycles. The van der Waals surface area contributed by atoms with Gasteiger partial charge in [-0.25, -0.2) is 4.79 Å². The molecule has 1 amide bonds. The molecule has 0 spiro atoms. The lowest BCUT2D eigenvalue weighted by molar-refractivity contribution is -0.119. The Balaban J connectivity index is 1.52. The van der Waals surface area contributed by atoms with Gasteiger partial charge in [-0.15, -0.1) is 23.5 Å². The molecule has 1 saturated heterocycles. The standard InChI is InChI=1S/C19H17F2NO3S3/c20-19(21)28-15-4-2-1-3-14(15)22-16(23)11-25-17(24)12-5-7-13(8-6-12)18-26-9-10-27-18/h1-8,18-19H,9-11H2,(H,22,23). The molecule has 0 radical (unpaired) electrons. The van der Waals surface area contributed by atoms with Crippen LogP contribution in [0.1, 0.15) is 20.5 Å². The number of carbonyl (C=O) groups excluding carboxylic acids is 2. The van der Waals surface area contributed by atoms with Crippen LogP contribution >= 0.6 is 35.3 Å². The number of alkyl halides is 2. The number of amides is 1. The minimum Gasteiger partial charge on any atom is -0.452 e. The highest BCUT2D eigenvalue weighted by Gasteiger charge is 2.19. The second kappa shape index (κ2) is 10.2. The van der Waals surface area contributed by atoms with Crippen molar-refractivity contribution in [3.05, 3.63) is 59.7 Å². The van der Waals surface area contributed by atoms with Crippen molar-refractivity contribution >= 4 is 52.8 Å². The molecule has 0 aliphatic carbocycles. The Bertz CT molecular complexity index is 827. The number of rotatable bonds is 7. The zero-order chi connectivity index (χ0) is 19.9. The van der Waals surface area contributed by atoms with Crippen LogP contribution in [0.5, 0.6) is 0 Å². The largest absolute Gasteiger partial charge is 0.452 e. The fourth-order valence-corrected chi connectivity index (χ4v) is 5.95. The van der Waals surface area contributed by atoms with Crippen LogP contribution in [0.4, 0.5) is 14.5 Å². The molecule has 3 rings (SSSR count). The minimum absolute atomic E-state index is 0.246. The van der Waals surface area contributed by atoms with Gasteiger partial charge >= 0.3 is 5.97 Å². The van der Waals surface area contributed by atoms with Crippen LogP contribution in [0.25, 0.3) is 0 Å². The molecule has 0 saturated carbocycles. The fraction of sp³-hybridized carbons (Fsp3) is 0.263. The van der Waals surface area contributed by atoms with Crippen LogP contribution in [0.3, 0.4) is 0 Å². The van der Waals surface area contributed by atoms with Gasteiger partial charge in [-0.2, -0.15) is 8.78 Å². The van der Waals surface area contributed by atoms with E-state index in [1.165, 1.54) is 12.1 Å². The number of hydrogen-bond donors (Lipinski definition) is 1. The van der Waals surface area contributed by atoms with Gasteiger partial charge in [0.2, 0.25) is 0 Å². The van der Waals surface area contributed by atoms with Gasteiger partial charge < -0.3 is 10.1 Å². The quantitative estimate of drug-likeness (QED) is 0.466. The Labute approximate surface area is 174 Å². The van der Waals surface area contributed by atoms with E-state index in [4.69, 9.17) is 4.74 Å². The Hall–Kier alpha value is -1.71. The van der Waals surface area contributed by atoms with Crippen molar-refractivity contribution in [2.24, 2.45) is 0 Å². The van der Waals surface area contributed by atoms with E-state index in [0.717, 1.165) is 17.1 Å². The maximum absolute atomic E-state index is 12.6. The van der Waals surface area contributed by atoms with Gasteiger partial charge in [0.1, 0.15) is 0 Å². The van der Waals surface area contributed by atoms with E-state index in [9.17, 15) is 18.4 Å². The molecule has 1 aliphatic heterocycles. The SMILES string of the molecule is O=C(COC(=O)c1ccc(C2SCCS2)cc1)Nc1ccccc1SC(F)F. The van der Waals surface area contributed by atoms with Crippen LogP contribution in [0, 0.1) is 0 Å². The first-order valence-electron chi connectivity index (χ1n) is 8.37. The minimum atomic E-state index is -2.60. The van der Waals surface area contributed by atoms with Gasteiger partial charge in [-0.1, -0.05) is 36.0 Å². The molecule has 1 fully saturated rings. The first-order chi connectivity index (χ1) is 13.5. The molecule has 28 heavy (non-hydrogen) atoms. The van der Waals surface area contributed by atoms with Gasteiger partial charge in [0, 0.05) is 16.4 Å². The van der Waals surface area contributed by atoms with E-state index in [-0.39, 0.29) is 10.6 Å². The second-order valence-electron chi connectivity index (χ2n) is 5.69. The normalized spacial score (nSPS) is 14.2. The number of hydrogen-bond acceptors (Lipinski definition) is 6. The van der Waals surface area contributed by atoms with E-state index < -0.39 is 24.2 Å². The van der Waals surface area contributed by atoms with E-state index in [0.29, 0.717) is 21.9 Å². The summed E-state index contributed by atoms with van der Waals surface area (Å²) in [6, 6.07) is 13.4. The lowest BCUT2D eigenvalue weighted by atomic mass is 10.1. The number of thioether (sulfide) groups is 3. The molecule has 1 aliphatic rings. The highest BCUT2D eigenvalue weighted by Crippen LogP contribution is 2.45. The number of anilines is 1. The molecule has 0 bridgehead atoms. The Morgan fingerprint density at radius 1 is 1.11 bits per heavy atom. The second-order valence-corrected chi connectivity index (χ2v) is 9.45. The Morgan fingerprint density at radius 3 is 2.46 bits per heavy atom. The number of esters is 1. The predicted molar refractivity (Wildman–Crippen MR) is 111 cm³/mol. The van der Waals surface area contributed by atoms with Gasteiger partial charge in [-0.3, -0.25) is 4.79 Å². The molecule has 1 N–H and O–H groups in total. The van der Waals surface area contributed by atoms with E-state index >= 15 is 0 Å². The van der Waals surface area contributed by atoms with Crippen molar-refractivity contribution < 1.29 is 23.1 Å². The van der Waals surface area contributed by atoms with Gasteiger partial charge in [0.05, 0.1) is 15.8 Å². The summed E-state index contributed by atoms with van der Waals surface area (Å²) in [6.07, 6.45) is 0. The van der Waals surface area contributed by atoms with Crippen LogP contribution in [-0.2, 0) is 9.53 Å². The van der Waals surface area contributed by atoms with Crippen molar-refractivity contribution in [1.29, 1.82) is 0 Å². The van der Waals surface area contributed by atoms with E-state index in [1.807, 2.05) is 35.7 Å². The molecule has 4 nitrogen and oxygen atoms in total. The summed E-state index contributed by atoms with van der Waals surface area (Å²) >= 11 is 4.09. The van der Waals surface area contributed by atoms with Gasteiger partial charge in [0.25, 0.3) is 11.7 Å². The molecule has 148 valence electrons. The van der Waals surface area contributed by atoms with Gasteiger partial charge in [-0.05, 0) is 29.8 Å². The summed E-state index contributed by atoms with van der Waals surface area (Å²) in [7, 11) is 0. The molecule has 2 aromatic carbocycles. The van der Waals surface area contributed by atoms with Crippen molar-refractivity contribution in [3.63, 3.8) is 0 Å². The van der Waals surface area contributed by atoms with Crippen LogP contribution in [0.2, 0.25) is 0 Å². The molecular weight excluding hydrogens is 424 g/mol. The average Bonchev–Trinajstić information content (AvgIpc) is 3.22. The molecular formula is C19H17F2NO3S3.